The molecule has 0 unspecified atom stereocenters. The molecule has 0 fully saturated rings. The largest absolute Gasteiger partial charge is 0.462 e. The minimum absolute atomic E-state index is 0.231. The molecule has 1 amide bonds. The second-order valence-electron chi connectivity index (χ2n) is 5.83. The van der Waals surface area contributed by atoms with Crippen molar-refractivity contribution in [1.82, 2.24) is 9.97 Å². The monoisotopic (exact) mass is 387 g/mol. The predicted molar refractivity (Wildman–Crippen MR) is 107 cm³/mol. The fourth-order valence-electron chi connectivity index (χ4n) is 2.44. The Hall–Kier alpha value is -4.25. The molecule has 0 atom stereocenters. The van der Waals surface area contributed by atoms with Crippen molar-refractivity contribution in [1.29, 1.82) is 5.26 Å². The Bertz CT molecular complexity index is 1060. The molecule has 0 bridgehead atoms. The van der Waals surface area contributed by atoms with Gasteiger partial charge in [0.05, 0.1) is 35.1 Å². The molecule has 2 aromatic carbocycles. The highest BCUT2D eigenvalue weighted by Gasteiger charge is 2.15. The van der Waals surface area contributed by atoms with Crippen LogP contribution in [0.1, 0.15) is 33.2 Å². The number of carbonyl (C=O) groups excluding carboxylic acids is 2. The number of amides is 1. The molecule has 3 rings (SSSR count). The first-order chi connectivity index (χ1) is 14.1. The molecule has 0 aliphatic heterocycles. The third-order valence-corrected chi connectivity index (χ3v) is 3.85. The van der Waals surface area contributed by atoms with E-state index in [0.29, 0.717) is 22.9 Å². The van der Waals surface area contributed by atoms with Crippen LogP contribution in [-0.2, 0) is 4.74 Å². The van der Waals surface area contributed by atoms with Crippen LogP contribution in [0, 0.1) is 11.3 Å². The van der Waals surface area contributed by atoms with E-state index in [1.807, 2.05) is 6.07 Å². The molecule has 0 spiro atoms. The van der Waals surface area contributed by atoms with Gasteiger partial charge in [-0.1, -0.05) is 12.1 Å². The van der Waals surface area contributed by atoms with Gasteiger partial charge >= 0.3 is 5.97 Å². The number of nitrogens with one attached hydrogen (secondary N) is 2. The zero-order chi connectivity index (χ0) is 20.6. The Morgan fingerprint density at radius 3 is 2.41 bits per heavy atom. The molecule has 8 heteroatoms. The van der Waals surface area contributed by atoms with E-state index < -0.39 is 11.9 Å². The van der Waals surface area contributed by atoms with Crippen LogP contribution in [0.2, 0.25) is 0 Å². The van der Waals surface area contributed by atoms with Crippen molar-refractivity contribution >= 4 is 29.2 Å². The summed E-state index contributed by atoms with van der Waals surface area (Å²) < 4.78 is 5.00. The summed E-state index contributed by atoms with van der Waals surface area (Å²) in [5.41, 5.74) is 2.10. The zero-order valence-electron chi connectivity index (χ0n) is 15.5. The van der Waals surface area contributed by atoms with Crippen molar-refractivity contribution in [2.75, 3.05) is 17.2 Å². The average Bonchev–Trinajstić information content (AvgIpc) is 2.75. The number of nitrogens with zero attached hydrogens (tertiary/aromatic N) is 3. The van der Waals surface area contributed by atoms with Gasteiger partial charge in [0.15, 0.2) is 0 Å². The smallest absolute Gasteiger partial charge is 0.340 e. The molecule has 0 saturated carbocycles. The van der Waals surface area contributed by atoms with Crippen molar-refractivity contribution in [3.63, 3.8) is 0 Å². The van der Waals surface area contributed by atoms with Gasteiger partial charge in [-0.3, -0.25) is 4.79 Å². The van der Waals surface area contributed by atoms with Gasteiger partial charge in [-0.2, -0.15) is 5.26 Å². The van der Waals surface area contributed by atoms with Gasteiger partial charge in [0, 0.05) is 18.1 Å². The lowest BCUT2D eigenvalue weighted by molar-refractivity contribution is 0.0527. The van der Waals surface area contributed by atoms with Crippen LogP contribution in [0.4, 0.5) is 17.3 Å². The molecule has 1 heterocycles. The molecule has 0 radical (unpaired) electrons. The number of esters is 1. The summed E-state index contributed by atoms with van der Waals surface area (Å²) in [7, 11) is 0. The molecule has 29 heavy (non-hydrogen) atoms. The third kappa shape index (κ3) is 4.93. The summed E-state index contributed by atoms with van der Waals surface area (Å²) in [6.07, 6.45) is 2.75. The predicted octanol–water partition coefficient (Wildman–Crippen LogP) is 3.52. The molecule has 2 N–H and O–H groups in total. The van der Waals surface area contributed by atoms with Gasteiger partial charge in [-0.25, -0.2) is 14.8 Å². The third-order valence-electron chi connectivity index (χ3n) is 3.85. The SMILES string of the molecule is CCOC(=O)c1ccccc1NC(=O)c1cnc(Nc2ccc(C#N)cc2)nc1. The first-order valence-corrected chi connectivity index (χ1v) is 8.77. The Morgan fingerprint density at radius 2 is 1.76 bits per heavy atom. The van der Waals surface area contributed by atoms with Crippen molar-refractivity contribution in [2.24, 2.45) is 0 Å². The van der Waals surface area contributed by atoms with Crippen LogP contribution in [0.15, 0.2) is 60.9 Å². The number of benzene rings is 2. The highest BCUT2D eigenvalue weighted by molar-refractivity contribution is 6.07. The number of anilines is 3. The highest BCUT2D eigenvalue weighted by atomic mass is 16.5. The van der Waals surface area contributed by atoms with E-state index >= 15 is 0 Å². The van der Waals surface area contributed by atoms with Crippen molar-refractivity contribution in [2.45, 2.75) is 6.92 Å². The second-order valence-corrected chi connectivity index (χ2v) is 5.83. The molecule has 0 saturated heterocycles. The lowest BCUT2D eigenvalue weighted by Gasteiger charge is -2.10. The number of rotatable bonds is 6. The summed E-state index contributed by atoms with van der Waals surface area (Å²) in [5, 5.41) is 14.5. The number of para-hydroxylation sites is 1. The highest BCUT2D eigenvalue weighted by Crippen LogP contribution is 2.18. The normalized spacial score (nSPS) is 9.93. The van der Waals surface area contributed by atoms with Gasteiger partial charge < -0.3 is 15.4 Å². The summed E-state index contributed by atoms with van der Waals surface area (Å²) >= 11 is 0. The molecule has 1 aromatic heterocycles. The number of hydrogen-bond acceptors (Lipinski definition) is 7. The quantitative estimate of drug-likeness (QED) is 0.621. The lowest BCUT2D eigenvalue weighted by Crippen LogP contribution is -2.16. The Labute approximate surface area is 167 Å². The van der Waals surface area contributed by atoms with E-state index in [2.05, 4.69) is 20.6 Å². The fraction of sp³-hybridized carbons (Fsp3) is 0.0952. The standard InChI is InChI=1S/C21H17N5O3/c1-2-29-20(28)17-5-3-4-6-18(17)26-19(27)15-12-23-21(24-13-15)25-16-9-7-14(11-22)8-10-16/h3-10,12-13H,2H2,1H3,(H,26,27)(H,23,24,25). The van der Waals surface area contributed by atoms with E-state index in [0.717, 1.165) is 0 Å². The number of hydrogen-bond donors (Lipinski definition) is 2. The molecular formula is C21H17N5O3. The van der Waals surface area contributed by atoms with Crippen molar-refractivity contribution < 1.29 is 14.3 Å². The van der Waals surface area contributed by atoms with E-state index in [1.165, 1.54) is 12.4 Å². The van der Waals surface area contributed by atoms with Crippen LogP contribution in [0.3, 0.4) is 0 Å². The first-order valence-electron chi connectivity index (χ1n) is 8.77. The number of ether oxygens (including phenoxy) is 1. The molecule has 144 valence electrons. The molecule has 3 aromatic rings. The fourth-order valence-corrected chi connectivity index (χ4v) is 2.44. The van der Waals surface area contributed by atoms with E-state index in [1.54, 1.807) is 55.5 Å². The van der Waals surface area contributed by atoms with Crippen LogP contribution in [0.5, 0.6) is 0 Å². The summed E-state index contributed by atoms with van der Waals surface area (Å²) in [5.74, 6) is -0.661. The maximum Gasteiger partial charge on any atom is 0.340 e. The van der Waals surface area contributed by atoms with Crippen LogP contribution >= 0.6 is 0 Å². The minimum Gasteiger partial charge on any atom is -0.462 e. The topological polar surface area (TPSA) is 117 Å². The second kappa shape index (κ2) is 9.10. The maximum atomic E-state index is 12.5. The minimum atomic E-state index is -0.512. The molecular weight excluding hydrogens is 370 g/mol. The van der Waals surface area contributed by atoms with Crippen LogP contribution < -0.4 is 10.6 Å². The van der Waals surface area contributed by atoms with E-state index in [-0.39, 0.29) is 17.7 Å². The molecule has 0 aliphatic rings. The van der Waals surface area contributed by atoms with E-state index in [4.69, 9.17) is 10.00 Å². The van der Waals surface area contributed by atoms with Crippen molar-refractivity contribution in [3.8, 4) is 6.07 Å². The molecule has 8 nitrogen and oxygen atoms in total. The Morgan fingerprint density at radius 1 is 1.07 bits per heavy atom. The summed E-state index contributed by atoms with van der Waals surface area (Å²) in [4.78, 5) is 32.8. The summed E-state index contributed by atoms with van der Waals surface area (Å²) in [6, 6.07) is 15.4. The average molecular weight is 387 g/mol. The zero-order valence-corrected chi connectivity index (χ0v) is 15.5. The van der Waals surface area contributed by atoms with E-state index in [9.17, 15) is 9.59 Å². The lowest BCUT2D eigenvalue weighted by atomic mass is 10.1. The van der Waals surface area contributed by atoms with Gasteiger partial charge in [0.1, 0.15) is 0 Å². The van der Waals surface area contributed by atoms with Crippen LogP contribution in [0.25, 0.3) is 0 Å². The number of nitriles is 1. The number of carbonyl (C=O) groups is 2. The number of aromatic nitrogens is 2. The Kier molecular flexibility index (Phi) is 6.12. The van der Waals surface area contributed by atoms with Gasteiger partial charge in [-0.15, -0.1) is 0 Å². The first kappa shape index (κ1) is 19.5. The van der Waals surface area contributed by atoms with Gasteiger partial charge in [0.25, 0.3) is 5.91 Å². The van der Waals surface area contributed by atoms with Gasteiger partial charge in [0.2, 0.25) is 5.95 Å². The van der Waals surface area contributed by atoms with Crippen LogP contribution in [-0.4, -0.2) is 28.5 Å². The maximum absolute atomic E-state index is 12.5. The Balaban J connectivity index is 1.69. The van der Waals surface area contributed by atoms with Gasteiger partial charge in [-0.05, 0) is 43.3 Å². The summed E-state index contributed by atoms with van der Waals surface area (Å²) in [6.45, 7) is 1.95. The molecule has 0 aliphatic carbocycles. The van der Waals surface area contributed by atoms with Crippen molar-refractivity contribution in [3.05, 3.63) is 77.6 Å².